The van der Waals surface area contributed by atoms with Crippen molar-refractivity contribution in [1.29, 1.82) is 0 Å². The minimum atomic E-state index is 0.263. The zero-order valence-corrected chi connectivity index (χ0v) is 14.2. The standard InChI is InChI=1S/C18H29N3O/c1-16-6-4-7-17(14-16)15-18(22)21-12-10-20(11-13-21)9-5-8-19(2)3/h4,6-7,14H,5,8-13,15H2,1-3H3. The minimum Gasteiger partial charge on any atom is -0.340 e. The second-order valence-corrected chi connectivity index (χ2v) is 6.55. The van der Waals surface area contributed by atoms with E-state index in [2.05, 4.69) is 43.0 Å². The lowest BCUT2D eigenvalue weighted by Gasteiger charge is -2.35. The smallest absolute Gasteiger partial charge is 0.227 e. The zero-order valence-electron chi connectivity index (χ0n) is 14.2. The predicted octanol–water partition coefficient (Wildman–Crippen LogP) is 1.63. The van der Waals surface area contributed by atoms with Crippen molar-refractivity contribution in [1.82, 2.24) is 14.7 Å². The van der Waals surface area contributed by atoms with Crippen LogP contribution in [-0.4, -0.2) is 74.0 Å². The molecule has 1 aliphatic heterocycles. The first kappa shape index (κ1) is 17.0. The van der Waals surface area contributed by atoms with Crippen molar-refractivity contribution < 1.29 is 4.79 Å². The van der Waals surface area contributed by atoms with Crippen molar-refractivity contribution >= 4 is 5.91 Å². The highest BCUT2D eigenvalue weighted by atomic mass is 16.2. The number of carbonyl (C=O) groups excluding carboxylic acids is 1. The molecule has 0 spiro atoms. The normalized spacial score (nSPS) is 16.3. The van der Waals surface area contributed by atoms with Crippen LogP contribution in [0.5, 0.6) is 0 Å². The average molecular weight is 303 g/mol. The van der Waals surface area contributed by atoms with Crippen LogP contribution in [0.1, 0.15) is 17.5 Å². The van der Waals surface area contributed by atoms with Gasteiger partial charge in [-0.1, -0.05) is 29.8 Å². The van der Waals surface area contributed by atoms with Crippen molar-refractivity contribution in [2.75, 3.05) is 53.4 Å². The third kappa shape index (κ3) is 5.43. The maximum atomic E-state index is 12.4. The number of hydrogen-bond donors (Lipinski definition) is 0. The Kier molecular flexibility index (Phi) is 6.40. The maximum absolute atomic E-state index is 12.4. The van der Waals surface area contributed by atoms with Crippen LogP contribution in [0.2, 0.25) is 0 Å². The summed E-state index contributed by atoms with van der Waals surface area (Å²) in [6, 6.07) is 8.25. The third-order valence-electron chi connectivity index (χ3n) is 4.24. The summed E-state index contributed by atoms with van der Waals surface area (Å²) in [7, 11) is 4.23. The fourth-order valence-electron chi connectivity index (χ4n) is 2.94. The Morgan fingerprint density at radius 3 is 2.55 bits per heavy atom. The van der Waals surface area contributed by atoms with Crippen molar-refractivity contribution in [2.45, 2.75) is 19.8 Å². The lowest BCUT2D eigenvalue weighted by atomic mass is 10.1. The van der Waals surface area contributed by atoms with Gasteiger partial charge in [0.15, 0.2) is 0 Å². The lowest BCUT2D eigenvalue weighted by Crippen LogP contribution is -2.49. The Balaban J connectivity index is 1.73. The van der Waals surface area contributed by atoms with Gasteiger partial charge in [0, 0.05) is 26.2 Å². The summed E-state index contributed by atoms with van der Waals surface area (Å²) < 4.78 is 0. The molecule has 0 radical (unpaired) electrons. The van der Waals surface area contributed by atoms with Gasteiger partial charge in [-0.3, -0.25) is 9.69 Å². The largest absolute Gasteiger partial charge is 0.340 e. The fourth-order valence-corrected chi connectivity index (χ4v) is 2.94. The molecular weight excluding hydrogens is 274 g/mol. The van der Waals surface area contributed by atoms with Gasteiger partial charge in [-0.25, -0.2) is 0 Å². The van der Waals surface area contributed by atoms with Gasteiger partial charge in [-0.2, -0.15) is 0 Å². The zero-order chi connectivity index (χ0) is 15.9. The first-order valence-corrected chi connectivity index (χ1v) is 8.25. The van der Waals surface area contributed by atoms with Gasteiger partial charge >= 0.3 is 0 Å². The number of amides is 1. The summed E-state index contributed by atoms with van der Waals surface area (Å²) >= 11 is 0. The van der Waals surface area contributed by atoms with Crippen LogP contribution in [-0.2, 0) is 11.2 Å². The number of hydrogen-bond acceptors (Lipinski definition) is 3. The van der Waals surface area contributed by atoms with Crippen molar-refractivity contribution in [3.05, 3.63) is 35.4 Å². The molecule has 4 heteroatoms. The van der Waals surface area contributed by atoms with Gasteiger partial charge in [-0.05, 0) is 46.1 Å². The summed E-state index contributed by atoms with van der Waals surface area (Å²) in [4.78, 5) is 19.1. The van der Waals surface area contributed by atoms with E-state index < -0.39 is 0 Å². The van der Waals surface area contributed by atoms with E-state index in [9.17, 15) is 4.79 Å². The molecule has 4 nitrogen and oxygen atoms in total. The molecule has 22 heavy (non-hydrogen) atoms. The van der Waals surface area contributed by atoms with Crippen LogP contribution in [0.4, 0.5) is 0 Å². The van der Waals surface area contributed by atoms with Gasteiger partial charge in [0.2, 0.25) is 5.91 Å². The second kappa shape index (κ2) is 8.30. The van der Waals surface area contributed by atoms with Crippen LogP contribution < -0.4 is 0 Å². The molecule has 0 saturated carbocycles. The lowest BCUT2D eigenvalue weighted by molar-refractivity contribution is -0.132. The van der Waals surface area contributed by atoms with E-state index >= 15 is 0 Å². The van der Waals surface area contributed by atoms with Gasteiger partial charge < -0.3 is 9.80 Å². The number of aryl methyl sites for hydroxylation is 1. The van der Waals surface area contributed by atoms with E-state index in [1.54, 1.807) is 0 Å². The van der Waals surface area contributed by atoms with Crippen LogP contribution in [0, 0.1) is 6.92 Å². The molecule has 2 rings (SSSR count). The minimum absolute atomic E-state index is 0.263. The molecule has 1 aromatic rings. The number of rotatable bonds is 6. The predicted molar refractivity (Wildman–Crippen MR) is 91.1 cm³/mol. The second-order valence-electron chi connectivity index (χ2n) is 6.55. The SMILES string of the molecule is Cc1cccc(CC(=O)N2CCN(CCCN(C)C)CC2)c1. The highest BCUT2D eigenvalue weighted by Crippen LogP contribution is 2.09. The molecule has 1 aliphatic rings. The molecule has 0 N–H and O–H groups in total. The Morgan fingerprint density at radius 1 is 1.18 bits per heavy atom. The molecule has 1 heterocycles. The molecule has 1 amide bonds. The maximum Gasteiger partial charge on any atom is 0.227 e. The monoisotopic (exact) mass is 303 g/mol. The Morgan fingerprint density at radius 2 is 1.91 bits per heavy atom. The molecule has 0 atom stereocenters. The van der Waals surface area contributed by atoms with Crippen LogP contribution in [0.25, 0.3) is 0 Å². The van der Waals surface area contributed by atoms with E-state index in [4.69, 9.17) is 0 Å². The summed E-state index contributed by atoms with van der Waals surface area (Å²) in [5.74, 6) is 0.263. The molecule has 1 fully saturated rings. The Labute approximate surface area is 134 Å². The molecule has 0 bridgehead atoms. The van der Waals surface area contributed by atoms with Crippen LogP contribution in [0.3, 0.4) is 0 Å². The van der Waals surface area contributed by atoms with Gasteiger partial charge in [0.05, 0.1) is 6.42 Å². The van der Waals surface area contributed by atoms with E-state index in [1.165, 1.54) is 12.0 Å². The Hall–Kier alpha value is -1.39. The highest BCUT2D eigenvalue weighted by Gasteiger charge is 2.20. The summed E-state index contributed by atoms with van der Waals surface area (Å²) in [6.07, 6.45) is 1.73. The first-order chi connectivity index (χ1) is 10.5. The van der Waals surface area contributed by atoms with Crippen molar-refractivity contribution in [3.63, 3.8) is 0 Å². The fraction of sp³-hybridized carbons (Fsp3) is 0.611. The molecule has 122 valence electrons. The average Bonchev–Trinajstić information content (AvgIpc) is 2.47. The molecule has 1 saturated heterocycles. The van der Waals surface area contributed by atoms with Crippen molar-refractivity contribution in [3.8, 4) is 0 Å². The first-order valence-electron chi connectivity index (χ1n) is 8.25. The topological polar surface area (TPSA) is 26.8 Å². The quantitative estimate of drug-likeness (QED) is 0.799. The number of benzene rings is 1. The van der Waals surface area contributed by atoms with Gasteiger partial charge in [0.25, 0.3) is 0 Å². The van der Waals surface area contributed by atoms with E-state index in [-0.39, 0.29) is 5.91 Å². The van der Waals surface area contributed by atoms with Gasteiger partial charge in [0.1, 0.15) is 0 Å². The summed E-state index contributed by atoms with van der Waals surface area (Å²) in [5.41, 5.74) is 2.34. The van der Waals surface area contributed by atoms with Crippen molar-refractivity contribution in [2.24, 2.45) is 0 Å². The number of carbonyl (C=O) groups is 1. The van der Waals surface area contributed by atoms with E-state index in [0.717, 1.165) is 44.8 Å². The van der Waals surface area contributed by atoms with Gasteiger partial charge in [-0.15, -0.1) is 0 Å². The van der Waals surface area contributed by atoms with Crippen LogP contribution in [0.15, 0.2) is 24.3 Å². The third-order valence-corrected chi connectivity index (χ3v) is 4.24. The molecule has 0 unspecified atom stereocenters. The van der Waals surface area contributed by atoms with E-state index in [0.29, 0.717) is 6.42 Å². The summed E-state index contributed by atoms with van der Waals surface area (Å²) in [5, 5.41) is 0. The van der Waals surface area contributed by atoms with Crippen LogP contribution >= 0.6 is 0 Å². The highest BCUT2D eigenvalue weighted by molar-refractivity contribution is 5.78. The van der Waals surface area contributed by atoms with E-state index in [1.807, 2.05) is 17.0 Å². The molecule has 0 aromatic heterocycles. The Bertz CT molecular complexity index is 479. The summed E-state index contributed by atoms with van der Waals surface area (Å²) in [6.45, 7) is 8.09. The molecular formula is C18H29N3O. The number of piperazine rings is 1. The molecule has 0 aliphatic carbocycles. The number of nitrogens with zero attached hydrogens (tertiary/aromatic N) is 3. The molecule has 1 aromatic carbocycles.